The Morgan fingerprint density at radius 3 is 2.67 bits per heavy atom. The molecule has 0 saturated carbocycles. The molecule has 12 heteroatoms. The molecule has 0 radical (unpaired) electrons. The second kappa shape index (κ2) is 12.4. The molecule has 11 nitrogen and oxygen atoms in total. The number of aromatic nitrogens is 2. The summed E-state index contributed by atoms with van der Waals surface area (Å²) in [5.41, 5.74) is 3.46. The van der Waals surface area contributed by atoms with Gasteiger partial charge < -0.3 is 19.3 Å². The van der Waals surface area contributed by atoms with Crippen molar-refractivity contribution in [3.8, 4) is 5.75 Å². The van der Waals surface area contributed by atoms with Crippen LogP contribution in [-0.2, 0) is 32.4 Å². The third kappa shape index (κ3) is 5.76. The summed E-state index contributed by atoms with van der Waals surface area (Å²) in [5.74, 6) is 1.34. The average Bonchev–Trinajstić information content (AvgIpc) is 3.06. The van der Waals surface area contributed by atoms with Gasteiger partial charge in [-0.05, 0) is 62.6 Å². The zero-order valence-corrected chi connectivity index (χ0v) is 24.9. The lowest BCUT2D eigenvalue weighted by molar-refractivity contribution is -0.143. The first-order chi connectivity index (χ1) is 20.2. The molecule has 3 aromatic rings. The lowest BCUT2D eigenvalue weighted by Crippen LogP contribution is -2.38. The van der Waals surface area contributed by atoms with Crippen LogP contribution in [0.2, 0.25) is 0 Å². The molecule has 222 valence electrons. The molecule has 4 heterocycles. The van der Waals surface area contributed by atoms with Gasteiger partial charge in [-0.1, -0.05) is 6.07 Å². The number of carbonyl (C=O) groups excluding carboxylic acids is 2. The van der Waals surface area contributed by atoms with Crippen molar-refractivity contribution in [2.45, 2.75) is 39.5 Å². The number of pyridine rings is 2. The maximum atomic E-state index is 13.4. The van der Waals surface area contributed by atoms with Gasteiger partial charge in [-0.2, -0.15) is 0 Å². The molecule has 1 amide bonds. The van der Waals surface area contributed by atoms with E-state index in [4.69, 9.17) is 9.47 Å². The first kappa shape index (κ1) is 29.3. The molecule has 5 rings (SSSR count). The number of benzene rings is 1. The van der Waals surface area contributed by atoms with Gasteiger partial charge in [0.25, 0.3) is 5.91 Å². The van der Waals surface area contributed by atoms with E-state index in [-0.39, 0.29) is 30.6 Å². The second-order valence-electron chi connectivity index (χ2n) is 10.1. The number of rotatable bonds is 10. The molecule has 0 saturated heterocycles. The van der Waals surface area contributed by atoms with Crippen molar-refractivity contribution in [3.63, 3.8) is 0 Å². The van der Waals surface area contributed by atoms with Crippen LogP contribution in [0.3, 0.4) is 0 Å². The maximum Gasteiger partial charge on any atom is 0.305 e. The summed E-state index contributed by atoms with van der Waals surface area (Å²) in [6.45, 7) is 5.13. The van der Waals surface area contributed by atoms with Gasteiger partial charge in [0, 0.05) is 50.9 Å². The van der Waals surface area contributed by atoms with Gasteiger partial charge in [0.2, 0.25) is 10.0 Å². The van der Waals surface area contributed by atoms with Crippen molar-refractivity contribution >= 4 is 44.9 Å². The number of esters is 1. The van der Waals surface area contributed by atoms with Crippen LogP contribution in [0.5, 0.6) is 5.75 Å². The van der Waals surface area contributed by atoms with Crippen molar-refractivity contribution in [2.24, 2.45) is 0 Å². The first-order valence-electron chi connectivity index (χ1n) is 14.2. The molecule has 0 bridgehead atoms. The van der Waals surface area contributed by atoms with Crippen LogP contribution in [0.25, 0.3) is 0 Å². The Bertz CT molecular complexity index is 1590. The summed E-state index contributed by atoms with van der Waals surface area (Å²) < 4.78 is 38.3. The molecule has 0 atom stereocenters. The Hall–Kier alpha value is -4.19. The molecule has 42 heavy (non-hydrogen) atoms. The molecule has 0 fully saturated rings. The van der Waals surface area contributed by atoms with E-state index in [1.54, 1.807) is 43.4 Å². The third-order valence-electron chi connectivity index (χ3n) is 7.43. The van der Waals surface area contributed by atoms with Crippen molar-refractivity contribution in [1.82, 2.24) is 9.97 Å². The second-order valence-corrected chi connectivity index (χ2v) is 12.1. The largest absolute Gasteiger partial charge is 0.493 e. The predicted octanol–water partition coefficient (Wildman–Crippen LogP) is 3.88. The molecular formula is C30H35N5O6S. The van der Waals surface area contributed by atoms with Gasteiger partial charge in [0.15, 0.2) is 5.82 Å². The number of fused-ring (bicyclic) bond motifs is 3. The third-order valence-corrected chi connectivity index (χ3v) is 9.20. The van der Waals surface area contributed by atoms with Crippen molar-refractivity contribution in [1.29, 1.82) is 0 Å². The number of nitrogens with zero attached hydrogens (tertiary/aromatic N) is 5. The van der Waals surface area contributed by atoms with Crippen molar-refractivity contribution < 1.29 is 27.5 Å². The van der Waals surface area contributed by atoms with E-state index in [1.165, 1.54) is 4.31 Å². The van der Waals surface area contributed by atoms with E-state index in [2.05, 4.69) is 9.97 Å². The molecule has 1 aromatic carbocycles. The molecule has 0 spiro atoms. The van der Waals surface area contributed by atoms with Gasteiger partial charge >= 0.3 is 5.97 Å². The Kier molecular flexibility index (Phi) is 8.62. The Labute approximate surface area is 246 Å². The smallest absolute Gasteiger partial charge is 0.305 e. The van der Waals surface area contributed by atoms with Crippen LogP contribution in [0.1, 0.15) is 48.2 Å². The van der Waals surface area contributed by atoms with Gasteiger partial charge in [-0.3, -0.25) is 13.9 Å². The SMILES string of the molecule is CCOC(=O)CCCN1c2cccc(OCCc3cnc4c(c3)C(=O)N(C)c3cccnc3N4CC)c2CCS1(=O)=O. The quantitative estimate of drug-likeness (QED) is 0.322. The predicted molar refractivity (Wildman–Crippen MR) is 160 cm³/mol. The fourth-order valence-corrected chi connectivity index (χ4v) is 6.92. The minimum absolute atomic E-state index is 0.0324. The summed E-state index contributed by atoms with van der Waals surface area (Å²) in [4.78, 5) is 37.9. The molecule has 2 aliphatic rings. The van der Waals surface area contributed by atoms with Gasteiger partial charge in [0.1, 0.15) is 11.6 Å². The summed E-state index contributed by atoms with van der Waals surface area (Å²) in [7, 11) is -1.77. The highest BCUT2D eigenvalue weighted by molar-refractivity contribution is 7.92. The molecule has 2 aliphatic heterocycles. The molecule has 2 aromatic heterocycles. The molecular weight excluding hydrogens is 558 g/mol. The number of hydrogen-bond donors (Lipinski definition) is 0. The molecule has 0 unspecified atom stereocenters. The summed E-state index contributed by atoms with van der Waals surface area (Å²) >= 11 is 0. The number of carbonyl (C=O) groups is 2. The van der Waals surface area contributed by atoms with Gasteiger partial charge in [0.05, 0.1) is 35.9 Å². The van der Waals surface area contributed by atoms with E-state index < -0.39 is 10.0 Å². The van der Waals surface area contributed by atoms with E-state index in [0.29, 0.717) is 67.7 Å². The highest BCUT2D eigenvalue weighted by Gasteiger charge is 2.32. The molecule has 0 N–H and O–H groups in total. The highest BCUT2D eigenvalue weighted by atomic mass is 32.2. The Balaban J connectivity index is 1.31. The summed E-state index contributed by atoms with van der Waals surface area (Å²) in [6, 6.07) is 10.9. The Morgan fingerprint density at radius 2 is 1.88 bits per heavy atom. The number of hydrogen-bond acceptors (Lipinski definition) is 9. The minimum Gasteiger partial charge on any atom is -0.493 e. The standard InChI is InChI=1S/C30H35N5O6S/c1-4-34-28-23(30(37)33(3)25-10-7-15-31-29(25)34)19-21(20-32-28)13-17-41-26-11-6-9-24-22(26)14-18-42(38,39)35(24)16-8-12-27(36)40-5-2/h6-7,9-11,15,19-20H,4-5,8,12-14,16-18H2,1-3H3. The number of amides is 1. The van der Waals surface area contributed by atoms with Crippen LogP contribution in [0.15, 0.2) is 48.8 Å². The van der Waals surface area contributed by atoms with Crippen LogP contribution < -0.4 is 18.8 Å². The maximum absolute atomic E-state index is 13.4. The lowest BCUT2D eigenvalue weighted by Gasteiger charge is -2.31. The number of anilines is 4. The first-order valence-corrected chi connectivity index (χ1v) is 15.8. The number of sulfonamides is 1. The summed E-state index contributed by atoms with van der Waals surface area (Å²) in [6.07, 6.45) is 4.81. The van der Waals surface area contributed by atoms with Crippen LogP contribution >= 0.6 is 0 Å². The zero-order chi connectivity index (χ0) is 29.9. The Morgan fingerprint density at radius 1 is 1.07 bits per heavy atom. The van der Waals surface area contributed by atoms with Crippen LogP contribution in [-0.4, -0.2) is 69.4 Å². The normalized spacial score (nSPS) is 15.4. The van der Waals surface area contributed by atoms with Gasteiger partial charge in [-0.25, -0.2) is 18.4 Å². The fourth-order valence-electron chi connectivity index (χ4n) is 5.36. The van der Waals surface area contributed by atoms with E-state index in [9.17, 15) is 18.0 Å². The van der Waals surface area contributed by atoms with E-state index >= 15 is 0 Å². The van der Waals surface area contributed by atoms with Crippen LogP contribution in [0.4, 0.5) is 23.0 Å². The van der Waals surface area contributed by atoms with E-state index in [1.807, 2.05) is 36.1 Å². The fraction of sp³-hybridized carbons (Fsp3) is 0.400. The molecule has 0 aliphatic carbocycles. The average molecular weight is 594 g/mol. The topological polar surface area (TPSA) is 122 Å². The zero-order valence-electron chi connectivity index (χ0n) is 24.1. The summed E-state index contributed by atoms with van der Waals surface area (Å²) in [5, 5.41) is 0. The van der Waals surface area contributed by atoms with E-state index in [0.717, 1.165) is 16.8 Å². The monoisotopic (exact) mass is 593 g/mol. The minimum atomic E-state index is -3.50. The van der Waals surface area contributed by atoms with Gasteiger partial charge in [-0.15, -0.1) is 0 Å². The van der Waals surface area contributed by atoms with Crippen molar-refractivity contribution in [2.75, 3.05) is 53.2 Å². The lowest BCUT2D eigenvalue weighted by atomic mass is 10.1. The highest BCUT2D eigenvalue weighted by Crippen LogP contribution is 2.38. The van der Waals surface area contributed by atoms with Crippen LogP contribution in [0, 0.1) is 0 Å². The van der Waals surface area contributed by atoms with Crippen molar-refractivity contribution in [3.05, 3.63) is 65.5 Å². The number of ether oxygens (including phenoxy) is 2.